The predicted octanol–water partition coefficient (Wildman–Crippen LogP) is 4.66. The number of carbonyl (C=O) groups excluding carboxylic acids is 1. The molecule has 1 unspecified atom stereocenters. The van der Waals surface area contributed by atoms with Crippen LogP contribution in [0.25, 0.3) is 11.1 Å². The Bertz CT molecular complexity index is 727. The third-order valence-electron chi connectivity index (χ3n) is 5.16. The summed E-state index contributed by atoms with van der Waals surface area (Å²) in [4.78, 5) is 12.3. The lowest BCUT2D eigenvalue weighted by atomic mass is 9.85. The number of hydrogen-bond acceptors (Lipinski definition) is 1. The molecule has 0 radical (unpaired) electrons. The van der Waals surface area contributed by atoms with Gasteiger partial charge < -0.3 is 0 Å². The zero-order chi connectivity index (χ0) is 14.4. The summed E-state index contributed by atoms with van der Waals surface area (Å²) in [6, 6.07) is 13.2. The van der Waals surface area contributed by atoms with Crippen LogP contribution >= 0.6 is 0 Å². The molecule has 2 aromatic carbocycles. The molecule has 106 valence electrons. The van der Waals surface area contributed by atoms with Crippen LogP contribution in [0.15, 0.2) is 36.4 Å². The summed E-state index contributed by atoms with van der Waals surface area (Å²) < 4.78 is 0. The molecular formula is C20H20O. The third kappa shape index (κ3) is 1.87. The van der Waals surface area contributed by atoms with Crippen molar-refractivity contribution in [3.05, 3.63) is 58.7 Å². The Morgan fingerprint density at radius 3 is 2.71 bits per heavy atom. The monoisotopic (exact) mass is 276 g/mol. The molecule has 0 aromatic heterocycles. The van der Waals surface area contributed by atoms with Crippen molar-refractivity contribution in [2.24, 2.45) is 0 Å². The summed E-state index contributed by atoms with van der Waals surface area (Å²) in [7, 11) is 0. The van der Waals surface area contributed by atoms with E-state index in [1.807, 2.05) is 0 Å². The van der Waals surface area contributed by atoms with Crippen LogP contribution in [0.2, 0.25) is 0 Å². The Hall–Kier alpha value is -1.89. The van der Waals surface area contributed by atoms with Crippen LogP contribution in [-0.2, 0) is 17.6 Å². The summed E-state index contributed by atoms with van der Waals surface area (Å²) in [6.45, 7) is 2.20. The smallest absolute Gasteiger partial charge is 0.140 e. The van der Waals surface area contributed by atoms with Crippen molar-refractivity contribution in [1.82, 2.24) is 0 Å². The third-order valence-corrected chi connectivity index (χ3v) is 5.16. The van der Waals surface area contributed by atoms with E-state index in [1.54, 1.807) is 0 Å². The minimum atomic E-state index is 0.157. The second-order valence-electron chi connectivity index (χ2n) is 6.26. The number of Topliss-reactive ketones (excluding diaryl/α,β-unsaturated/α-hetero) is 1. The SMILES string of the molecule is CCc1ccc2c(c1C1CCCC1=O)Cc1ccccc1-2. The normalized spacial score (nSPS) is 19.7. The molecule has 0 heterocycles. The second kappa shape index (κ2) is 4.84. The van der Waals surface area contributed by atoms with Crippen molar-refractivity contribution in [3.63, 3.8) is 0 Å². The van der Waals surface area contributed by atoms with Crippen LogP contribution in [0.1, 0.15) is 54.4 Å². The molecule has 0 N–H and O–H groups in total. The van der Waals surface area contributed by atoms with Crippen LogP contribution in [0, 0.1) is 0 Å². The van der Waals surface area contributed by atoms with Crippen LogP contribution in [0.4, 0.5) is 0 Å². The molecule has 1 atom stereocenters. The highest BCUT2D eigenvalue weighted by Gasteiger charge is 2.32. The van der Waals surface area contributed by atoms with Crippen LogP contribution in [0.3, 0.4) is 0 Å². The molecule has 0 spiro atoms. The van der Waals surface area contributed by atoms with Gasteiger partial charge in [0, 0.05) is 12.3 Å². The van der Waals surface area contributed by atoms with Gasteiger partial charge in [-0.3, -0.25) is 4.79 Å². The number of hydrogen-bond donors (Lipinski definition) is 0. The van der Waals surface area contributed by atoms with E-state index in [2.05, 4.69) is 43.3 Å². The highest BCUT2D eigenvalue weighted by Crippen LogP contribution is 2.44. The lowest BCUT2D eigenvalue weighted by molar-refractivity contribution is -0.118. The van der Waals surface area contributed by atoms with Crippen LogP contribution < -0.4 is 0 Å². The summed E-state index contributed by atoms with van der Waals surface area (Å²) >= 11 is 0. The molecule has 0 aliphatic heterocycles. The molecule has 2 aliphatic rings. The van der Waals surface area contributed by atoms with E-state index in [-0.39, 0.29) is 5.92 Å². The molecule has 1 nitrogen and oxygen atoms in total. The van der Waals surface area contributed by atoms with Crippen molar-refractivity contribution >= 4 is 5.78 Å². The maximum Gasteiger partial charge on any atom is 0.140 e. The lowest BCUT2D eigenvalue weighted by Gasteiger charge is -2.18. The number of fused-ring (bicyclic) bond motifs is 3. The average molecular weight is 276 g/mol. The number of carbonyl (C=O) groups is 1. The predicted molar refractivity (Wildman–Crippen MR) is 85.7 cm³/mol. The first-order valence-corrected chi connectivity index (χ1v) is 8.05. The molecule has 0 amide bonds. The maximum absolute atomic E-state index is 12.3. The second-order valence-corrected chi connectivity index (χ2v) is 6.26. The van der Waals surface area contributed by atoms with E-state index in [4.69, 9.17) is 0 Å². The number of rotatable bonds is 2. The summed E-state index contributed by atoms with van der Waals surface area (Å²) in [5.41, 5.74) is 8.30. The fourth-order valence-corrected chi connectivity index (χ4v) is 4.15. The van der Waals surface area contributed by atoms with E-state index in [9.17, 15) is 4.79 Å². The first-order chi connectivity index (χ1) is 10.3. The lowest BCUT2D eigenvalue weighted by Crippen LogP contribution is -2.10. The Morgan fingerprint density at radius 1 is 1.10 bits per heavy atom. The van der Waals surface area contributed by atoms with E-state index in [0.717, 1.165) is 32.1 Å². The van der Waals surface area contributed by atoms with E-state index in [1.165, 1.54) is 33.4 Å². The van der Waals surface area contributed by atoms with Crippen molar-refractivity contribution in [3.8, 4) is 11.1 Å². The molecule has 0 bridgehead atoms. The highest BCUT2D eigenvalue weighted by atomic mass is 16.1. The molecule has 1 saturated carbocycles. The largest absolute Gasteiger partial charge is 0.299 e. The summed E-state index contributed by atoms with van der Waals surface area (Å²) in [5.74, 6) is 0.610. The van der Waals surface area contributed by atoms with E-state index < -0.39 is 0 Å². The molecular weight excluding hydrogens is 256 g/mol. The molecule has 2 aliphatic carbocycles. The van der Waals surface area contributed by atoms with Crippen LogP contribution in [-0.4, -0.2) is 5.78 Å². The Labute approximate surface area is 126 Å². The van der Waals surface area contributed by atoms with Gasteiger partial charge in [0.1, 0.15) is 5.78 Å². The Kier molecular flexibility index (Phi) is 2.95. The molecule has 0 saturated heterocycles. The fraction of sp³-hybridized carbons (Fsp3) is 0.350. The van der Waals surface area contributed by atoms with Gasteiger partial charge in [0.15, 0.2) is 0 Å². The minimum absolute atomic E-state index is 0.157. The van der Waals surface area contributed by atoms with Gasteiger partial charge in [-0.15, -0.1) is 0 Å². The van der Waals surface area contributed by atoms with Gasteiger partial charge >= 0.3 is 0 Å². The summed E-state index contributed by atoms with van der Waals surface area (Å²) in [5, 5.41) is 0. The zero-order valence-corrected chi connectivity index (χ0v) is 12.5. The first-order valence-electron chi connectivity index (χ1n) is 8.05. The maximum atomic E-state index is 12.3. The van der Waals surface area contributed by atoms with Gasteiger partial charge in [0.2, 0.25) is 0 Å². The number of benzene rings is 2. The van der Waals surface area contributed by atoms with Crippen molar-refractivity contribution < 1.29 is 4.79 Å². The summed E-state index contributed by atoms with van der Waals surface area (Å²) in [6.07, 6.45) is 4.88. The number of ketones is 1. The van der Waals surface area contributed by atoms with E-state index in [0.29, 0.717) is 5.78 Å². The van der Waals surface area contributed by atoms with Crippen molar-refractivity contribution in [2.75, 3.05) is 0 Å². The topological polar surface area (TPSA) is 17.1 Å². The van der Waals surface area contributed by atoms with Crippen LogP contribution in [0.5, 0.6) is 0 Å². The first kappa shape index (κ1) is 12.8. The minimum Gasteiger partial charge on any atom is -0.299 e. The molecule has 21 heavy (non-hydrogen) atoms. The van der Waals surface area contributed by atoms with Crippen molar-refractivity contribution in [1.29, 1.82) is 0 Å². The van der Waals surface area contributed by atoms with Gasteiger partial charge in [-0.2, -0.15) is 0 Å². The molecule has 4 rings (SSSR count). The number of aryl methyl sites for hydroxylation is 1. The van der Waals surface area contributed by atoms with Gasteiger partial charge in [0.05, 0.1) is 0 Å². The Balaban J connectivity index is 1.93. The van der Waals surface area contributed by atoms with E-state index >= 15 is 0 Å². The molecule has 1 fully saturated rings. The standard InChI is InChI=1S/C20H20O/c1-2-13-10-11-16-15-7-4-3-6-14(15)12-18(16)20(13)17-8-5-9-19(17)21/h3-4,6-7,10-11,17H,2,5,8-9,12H2,1H3. The van der Waals surface area contributed by atoms with Crippen molar-refractivity contribution in [2.45, 2.75) is 44.9 Å². The zero-order valence-electron chi connectivity index (χ0n) is 12.5. The highest BCUT2D eigenvalue weighted by molar-refractivity contribution is 5.90. The average Bonchev–Trinajstić information content (AvgIpc) is 3.09. The Morgan fingerprint density at radius 2 is 1.95 bits per heavy atom. The molecule has 2 aromatic rings. The quantitative estimate of drug-likeness (QED) is 0.665. The molecule has 1 heteroatoms. The van der Waals surface area contributed by atoms with Gasteiger partial charge in [-0.05, 0) is 59.1 Å². The van der Waals surface area contributed by atoms with Gasteiger partial charge in [-0.25, -0.2) is 0 Å². The fourth-order valence-electron chi connectivity index (χ4n) is 4.15. The van der Waals surface area contributed by atoms with Gasteiger partial charge in [0.25, 0.3) is 0 Å². The van der Waals surface area contributed by atoms with Gasteiger partial charge in [-0.1, -0.05) is 43.3 Å².